The Morgan fingerprint density at radius 3 is 2.72 bits per heavy atom. The van der Waals surface area contributed by atoms with Gasteiger partial charge in [-0.2, -0.15) is 0 Å². The highest BCUT2D eigenvalue weighted by Gasteiger charge is 2.15. The average molecular weight is 376 g/mol. The third kappa shape index (κ3) is 3.89. The largest absolute Gasteiger partial charge is 0.347 e. The fourth-order valence-electron chi connectivity index (χ4n) is 2.29. The van der Waals surface area contributed by atoms with Crippen LogP contribution in [0.15, 0.2) is 57.6 Å². The van der Waals surface area contributed by atoms with Crippen molar-refractivity contribution in [1.82, 2.24) is 14.9 Å². The molecule has 6 nitrogen and oxygen atoms in total. The summed E-state index contributed by atoms with van der Waals surface area (Å²) in [4.78, 5) is 40.2. The number of nitrogens with zero attached hydrogens (tertiary/aromatic N) is 1. The van der Waals surface area contributed by atoms with Crippen LogP contribution in [0.1, 0.15) is 20.8 Å². The summed E-state index contributed by atoms with van der Waals surface area (Å²) in [5, 5.41) is 5.02. The lowest BCUT2D eigenvalue weighted by Crippen LogP contribution is -2.40. The maximum Gasteiger partial charge on any atom is 0.328 e. The van der Waals surface area contributed by atoms with Crippen molar-refractivity contribution >= 4 is 28.8 Å². The maximum absolute atomic E-state index is 12.5. The summed E-state index contributed by atoms with van der Waals surface area (Å²) in [6.07, 6.45) is 1.14. The number of rotatable bonds is 5. The highest BCUT2D eigenvalue weighted by molar-refractivity contribution is 7.09. The molecular weight excluding hydrogens is 362 g/mol. The van der Waals surface area contributed by atoms with Crippen molar-refractivity contribution < 1.29 is 4.79 Å². The SMILES string of the molecule is O=C(NCc1cccs1)c1c[nH]c(=O)n(Cc2ccccc2Cl)c1=O. The summed E-state index contributed by atoms with van der Waals surface area (Å²) in [6, 6.07) is 10.7. The number of aromatic amines is 1. The number of carbonyl (C=O) groups excluding carboxylic acids is 1. The number of carbonyl (C=O) groups is 1. The minimum atomic E-state index is -0.660. The van der Waals surface area contributed by atoms with Crippen LogP contribution in [0, 0.1) is 0 Å². The predicted octanol–water partition coefficient (Wildman–Crippen LogP) is 2.23. The van der Waals surface area contributed by atoms with E-state index >= 15 is 0 Å². The Balaban J connectivity index is 1.87. The molecule has 0 unspecified atom stereocenters. The number of hydrogen-bond donors (Lipinski definition) is 2. The normalized spacial score (nSPS) is 10.6. The zero-order valence-corrected chi connectivity index (χ0v) is 14.6. The first kappa shape index (κ1) is 17.2. The first-order valence-corrected chi connectivity index (χ1v) is 8.68. The summed E-state index contributed by atoms with van der Waals surface area (Å²) in [6.45, 7) is 0.305. The van der Waals surface area contributed by atoms with Gasteiger partial charge in [0.25, 0.3) is 11.5 Å². The van der Waals surface area contributed by atoms with Gasteiger partial charge in [0.1, 0.15) is 5.56 Å². The molecule has 0 radical (unpaired) electrons. The molecule has 2 heterocycles. The Kier molecular flexibility index (Phi) is 5.16. The second-order valence-corrected chi connectivity index (χ2v) is 6.69. The maximum atomic E-state index is 12.5. The summed E-state index contributed by atoms with van der Waals surface area (Å²) < 4.78 is 0.960. The molecule has 0 aliphatic rings. The van der Waals surface area contributed by atoms with Gasteiger partial charge in [-0.15, -0.1) is 11.3 Å². The summed E-state index contributed by atoms with van der Waals surface area (Å²) >= 11 is 7.58. The van der Waals surface area contributed by atoms with Crippen molar-refractivity contribution in [3.8, 4) is 0 Å². The van der Waals surface area contributed by atoms with Crippen molar-refractivity contribution in [1.29, 1.82) is 0 Å². The molecule has 0 saturated heterocycles. The fraction of sp³-hybridized carbons (Fsp3) is 0.118. The van der Waals surface area contributed by atoms with Gasteiger partial charge in [0.05, 0.1) is 13.1 Å². The monoisotopic (exact) mass is 375 g/mol. The van der Waals surface area contributed by atoms with E-state index in [9.17, 15) is 14.4 Å². The molecule has 25 heavy (non-hydrogen) atoms. The van der Waals surface area contributed by atoms with Crippen molar-refractivity contribution in [2.75, 3.05) is 0 Å². The van der Waals surface area contributed by atoms with Gasteiger partial charge in [0.15, 0.2) is 0 Å². The first-order chi connectivity index (χ1) is 12.1. The standard InChI is InChI=1S/C17H14ClN3O3S/c18-14-6-2-1-4-11(14)10-21-16(23)13(9-20-17(21)24)15(22)19-8-12-5-3-7-25-12/h1-7,9H,8,10H2,(H,19,22)(H,20,24). The predicted molar refractivity (Wildman–Crippen MR) is 97.4 cm³/mol. The van der Waals surface area contributed by atoms with Crippen LogP contribution in [-0.4, -0.2) is 15.5 Å². The van der Waals surface area contributed by atoms with E-state index in [1.54, 1.807) is 24.3 Å². The number of halogens is 1. The molecule has 3 rings (SSSR count). The molecular formula is C17H14ClN3O3S. The number of nitrogens with one attached hydrogen (secondary N) is 2. The quantitative estimate of drug-likeness (QED) is 0.717. The number of H-pyrrole nitrogens is 1. The third-order valence-electron chi connectivity index (χ3n) is 3.59. The molecule has 2 N–H and O–H groups in total. The fourth-order valence-corrected chi connectivity index (χ4v) is 3.13. The van der Waals surface area contributed by atoms with Crippen LogP contribution >= 0.6 is 22.9 Å². The Morgan fingerprint density at radius 2 is 2.00 bits per heavy atom. The van der Waals surface area contributed by atoms with E-state index in [2.05, 4.69) is 10.3 Å². The summed E-state index contributed by atoms with van der Waals surface area (Å²) in [7, 11) is 0. The number of thiophene rings is 1. The molecule has 0 aliphatic heterocycles. The molecule has 2 aromatic heterocycles. The van der Waals surface area contributed by atoms with E-state index in [-0.39, 0.29) is 12.1 Å². The number of aromatic nitrogens is 2. The van der Waals surface area contributed by atoms with Crippen LogP contribution in [0.5, 0.6) is 0 Å². The molecule has 0 fully saturated rings. The van der Waals surface area contributed by atoms with Crippen LogP contribution in [0.25, 0.3) is 0 Å². The van der Waals surface area contributed by atoms with Gasteiger partial charge >= 0.3 is 5.69 Å². The van der Waals surface area contributed by atoms with Crippen LogP contribution < -0.4 is 16.6 Å². The van der Waals surface area contributed by atoms with Gasteiger partial charge in [-0.3, -0.25) is 14.2 Å². The van der Waals surface area contributed by atoms with Gasteiger partial charge < -0.3 is 10.3 Å². The van der Waals surface area contributed by atoms with Crippen molar-refractivity contribution in [3.63, 3.8) is 0 Å². The van der Waals surface area contributed by atoms with E-state index < -0.39 is 17.2 Å². The molecule has 0 atom stereocenters. The van der Waals surface area contributed by atoms with E-state index in [0.717, 1.165) is 15.6 Å². The van der Waals surface area contributed by atoms with Gasteiger partial charge in [-0.25, -0.2) is 4.79 Å². The van der Waals surface area contributed by atoms with E-state index in [4.69, 9.17) is 11.6 Å². The van der Waals surface area contributed by atoms with E-state index in [1.807, 2.05) is 17.5 Å². The second kappa shape index (κ2) is 7.50. The van der Waals surface area contributed by atoms with Gasteiger partial charge in [0.2, 0.25) is 0 Å². The molecule has 3 aromatic rings. The lowest BCUT2D eigenvalue weighted by Gasteiger charge is -2.09. The highest BCUT2D eigenvalue weighted by Crippen LogP contribution is 2.15. The van der Waals surface area contributed by atoms with Crippen molar-refractivity contribution in [2.24, 2.45) is 0 Å². The second-order valence-electron chi connectivity index (χ2n) is 5.25. The lowest BCUT2D eigenvalue weighted by atomic mass is 10.2. The zero-order valence-electron chi connectivity index (χ0n) is 13.0. The third-order valence-corrected chi connectivity index (χ3v) is 4.84. The summed E-state index contributed by atoms with van der Waals surface area (Å²) in [5.74, 6) is -0.539. The van der Waals surface area contributed by atoms with E-state index in [0.29, 0.717) is 17.1 Å². The number of hydrogen-bond acceptors (Lipinski definition) is 4. The number of benzene rings is 1. The average Bonchev–Trinajstić information content (AvgIpc) is 3.11. The Hall–Kier alpha value is -2.64. The topological polar surface area (TPSA) is 84.0 Å². The highest BCUT2D eigenvalue weighted by atomic mass is 35.5. The molecule has 1 aromatic carbocycles. The van der Waals surface area contributed by atoms with Gasteiger partial charge in [-0.05, 0) is 23.1 Å². The number of amides is 1. The van der Waals surface area contributed by atoms with Crippen molar-refractivity contribution in [2.45, 2.75) is 13.1 Å². The van der Waals surface area contributed by atoms with Crippen LogP contribution in [0.3, 0.4) is 0 Å². The van der Waals surface area contributed by atoms with Crippen LogP contribution in [0.2, 0.25) is 5.02 Å². The van der Waals surface area contributed by atoms with Gasteiger partial charge in [0, 0.05) is 16.1 Å². The Bertz CT molecular complexity index is 1010. The Morgan fingerprint density at radius 1 is 1.20 bits per heavy atom. The van der Waals surface area contributed by atoms with Crippen molar-refractivity contribution in [3.05, 3.63) is 89.8 Å². The summed E-state index contributed by atoms with van der Waals surface area (Å²) in [5.41, 5.74) is -0.761. The van der Waals surface area contributed by atoms with Crippen LogP contribution in [-0.2, 0) is 13.1 Å². The molecule has 0 aliphatic carbocycles. The van der Waals surface area contributed by atoms with E-state index in [1.165, 1.54) is 11.3 Å². The molecule has 8 heteroatoms. The smallest absolute Gasteiger partial charge is 0.328 e. The first-order valence-electron chi connectivity index (χ1n) is 7.43. The van der Waals surface area contributed by atoms with Crippen LogP contribution in [0.4, 0.5) is 0 Å². The Labute approximate surface area is 151 Å². The minimum Gasteiger partial charge on any atom is -0.347 e. The molecule has 0 saturated carbocycles. The zero-order chi connectivity index (χ0) is 17.8. The molecule has 0 bridgehead atoms. The molecule has 0 spiro atoms. The van der Waals surface area contributed by atoms with Gasteiger partial charge in [-0.1, -0.05) is 35.9 Å². The lowest BCUT2D eigenvalue weighted by molar-refractivity contribution is 0.0948. The molecule has 128 valence electrons. The molecule has 1 amide bonds. The minimum absolute atomic E-state index is 0.0140.